The molecule has 0 amide bonds. The molecule has 2 aromatic heterocycles. The molecule has 128 valence electrons. The zero-order valence-electron chi connectivity index (χ0n) is 14.4. The number of aromatic nitrogens is 4. The van der Waals surface area contributed by atoms with Crippen molar-refractivity contribution in [2.75, 3.05) is 25.0 Å². The minimum Gasteiger partial charge on any atom is -0.354 e. The summed E-state index contributed by atoms with van der Waals surface area (Å²) in [7, 11) is 2.14. The second-order valence-corrected chi connectivity index (χ2v) is 7.01. The van der Waals surface area contributed by atoms with Gasteiger partial charge in [0.05, 0.1) is 12.2 Å². The molecule has 1 aliphatic carbocycles. The summed E-state index contributed by atoms with van der Waals surface area (Å²) < 4.78 is 5.36. The van der Waals surface area contributed by atoms with E-state index in [0.29, 0.717) is 12.0 Å². The maximum Gasteiger partial charge on any atom is 0.229 e. The molecular formula is C17H24N6O. The maximum atomic E-state index is 5.36. The number of likely N-dealkylation sites (N-methyl/N-ethyl adjacent to an activating group) is 1. The maximum absolute atomic E-state index is 5.36. The van der Waals surface area contributed by atoms with Gasteiger partial charge in [0.25, 0.3) is 0 Å². The molecule has 7 heteroatoms. The lowest BCUT2D eigenvalue weighted by Crippen LogP contribution is -2.46. The van der Waals surface area contributed by atoms with Gasteiger partial charge in [0.15, 0.2) is 11.6 Å². The number of nitrogens with zero attached hydrogens (tertiary/aromatic N) is 6. The first-order valence-corrected chi connectivity index (χ1v) is 8.77. The third-order valence-corrected chi connectivity index (χ3v) is 4.93. The Morgan fingerprint density at radius 1 is 1.25 bits per heavy atom. The summed E-state index contributed by atoms with van der Waals surface area (Å²) in [5.41, 5.74) is 0.952. The molecule has 0 spiro atoms. The molecule has 4 rings (SSSR count). The Kier molecular flexibility index (Phi) is 4.18. The van der Waals surface area contributed by atoms with E-state index in [9.17, 15) is 0 Å². The SMILES string of the molecule is Cc1ccc(N2CCC[C@H](N(C)Cc3noc(C4CC4)n3)C2)nn1. The van der Waals surface area contributed by atoms with Gasteiger partial charge in [0.2, 0.25) is 5.89 Å². The smallest absolute Gasteiger partial charge is 0.229 e. The summed E-state index contributed by atoms with van der Waals surface area (Å²) in [5, 5.41) is 12.6. The summed E-state index contributed by atoms with van der Waals surface area (Å²) in [6.45, 7) is 4.69. The van der Waals surface area contributed by atoms with E-state index >= 15 is 0 Å². The van der Waals surface area contributed by atoms with Crippen molar-refractivity contribution >= 4 is 5.82 Å². The van der Waals surface area contributed by atoms with Crippen molar-refractivity contribution in [2.45, 2.75) is 51.1 Å². The molecule has 1 aliphatic heterocycles. The van der Waals surface area contributed by atoms with Gasteiger partial charge in [-0.15, -0.1) is 5.10 Å². The van der Waals surface area contributed by atoms with Crippen molar-refractivity contribution in [3.8, 4) is 0 Å². The predicted molar refractivity (Wildman–Crippen MR) is 89.7 cm³/mol. The van der Waals surface area contributed by atoms with Crippen LogP contribution in [0.25, 0.3) is 0 Å². The van der Waals surface area contributed by atoms with Gasteiger partial charge in [-0.05, 0) is 51.8 Å². The summed E-state index contributed by atoms with van der Waals surface area (Å²) in [5.74, 6) is 3.10. The Labute approximate surface area is 142 Å². The van der Waals surface area contributed by atoms with Crippen LogP contribution in [-0.4, -0.2) is 51.4 Å². The van der Waals surface area contributed by atoms with Crippen molar-refractivity contribution < 1.29 is 4.52 Å². The van der Waals surface area contributed by atoms with Crippen LogP contribution in [0.1, 0.15) is 49.0 Å². The van der Waals surface area contributed by atoms with Crippen LogP contribution in [0.15, 0.2) is 16.7 Å². The Bertz CT molecular complexity index is 681. The van der Waals surface area contributed by atoms with Crippen molar-refractivity contribution in [3.63, 3.8) is 0 Å². The Balaban J connectivity index is 1.38. The van der Waals surface area contributed by atoms with Crippen LogP contribution in [0.2, 0.25) is 0 Å². The van der Waals surface area contributed by atoms with Crippen LogP contribution in [0.3, 0.4) is 0 Å². The van der Waals surface area contributed by atoms with E-state index < -0.39 is 0 Å². The van der Waals surface area contributed by atoms with Crippen molar-refractivity contribution in [1.29, 1.82) is 0 Å². The standard InChI is InChI=1S/C17H24N6O/c1-12-5-8-16(20-19-12)23-9-3-4-14(10-23)22(2)11-15-18-17(24-21-15)13-6-7-13/h5,8,13-14H,3-4,6-7,9-11H2,1-2H3/t14-/m0/s1. The minimum atomic E-state index is 0.463. The quantitative estimate of drug-likeness (QED) is 0.832. The van der Waals surface area contributed by atoms with Gasteiger partial charge in [-0.25, -0.2) is 0 Å². The van der Waals surface area contributed by atoms with E-state index in [2.05, 4.69) is 43.3 Å². The van der Waals surface area contributed by atoms with Gasteiger partial charge < -0.3 is 9.42 Å². The summed E-state index contributed by atoms with van der Waals surface area (Å²) in [6.07, 6.45) is 4.71. The van der Waals surface area contributed by atoms with Gasteiger partial charge in [0.1, 0.15) is 0 Å². The average Bonchev–Trinajstić information content (AvgIpc) is 3.35. The molecule has 1 atom stereocenters. The van der Waals surface area contributed by atoms with Crippen molar-refractivity contribution in [3.05, 3.63) is 29.5 Å². The second-order valence-electron chi connectivity index (χ2n) is 7.01. The highest BCUT2D eigenvalue weighted by Gasteiger charge is 2.30. The van der Waals surface area contributed by atoms with Crippen molar-refractivity contribution in [1.82, 2.24) is 25.2 Å². The largest absolute Gasteiger partial charge is 0.354 e. The van der Waals surface area contributed by atoms with E-state index in [1.165, 1.54) is 19.3 Å². The van der Waals surface area contributed by atoms with Crippen LogP contribution < -0.4 is 4.90 Å². The summed E-state index contributed by atoms with van der Waals surface area (Å²) in [4.78, 5) is 9.19. The molecule has 3 heterocycles. The zero-order chi connectivity index (χ0) is 16.5. The topological polar surface area (TPSA) is 71.2 Å². The Morgan fingerprint density at radius 3 is 2.88 bits per heavy atom. The van der Waals surface area contributed by atoms with E-state index in [1.54, 1.807) is 0 Å². The molecule has 1 saturated carbocycles. The van der Waals surface area contributed by atoms with E-state index in [1.807, 2.05) is 13.0 Å². The second kappa shape index (κ2) is 6.47. The molecule has 0 bridgehead atoms. The van der Waals surface area contributed by atoms with Gasteiger partial charge in [0, 0.05) is 25.0 Å². The van der Waals surface area contributed by atoms with Crippen LogP contribution >= 0.6 is 0 Å². The first-order chi connectivity index (χ1) is 11.7. The fraction of sp³-hybridized carbons (Fsp3) is 0.647. The van der Waals surface area contributed by atoms with E-state index in [0.717, 1.165) is 49.3 Å². The lowest BCUT2D eigenvalue weighted by atomic mass is 10.0. The van der Waals surface area contributed by atoms with Gasteiger partial charge in [-0.3, -0.25) is 4.90 Å². The van der Waals surface area contributed by atoms with Crippen LogP contribution in [0.4, 0.5) is 5.82 Å². The third kappa shape index (κ3) is 3.40. The lowest BCUT2D eigenvalue weighted by Gasteiger charge is -2.37. The van der Waals surface area contributed by atoms with Crippen LogP contribution in [0.5, 0.6) is 0 Å². The summed E-state index contributed by atoms with van der Waals surface area (Å²) in [6, 6.07) is 4.55. The highest BCUT2D eigenvalue weighted by atomic mass is 16.5. The van der Waals surface area contributed by atoms with Crippen LogP contribution in [0, 0.1) is 6.92 Å². The number of aryl methyl sites for hydroxylation is 1. The van der Waals surface area contributed by atoms with E-state index in [-0.39, 0.29) is 0 Å². The molecule has 2 fully saturated rings. The fourth-order valence-electron chi connectivity index (χ4n) is 3.26. The Morgan fingerprint density at radius 2 is 2.12 bits per heavy atom. The lowest BCUT2D eigenvalue weighted by molar-refractivity contribution is 0.200. The number of rotatable bonds is 5. The van der Waals surface area contributed by atoms with Gasteiger partial charge in [-0.1, -0.05) is 5.16 Å². The molecular weight excluding hydrogens is 304 g/mol. The van der Waals surface area contributed by atoms with Crippen molar-refractivity contribution in [2.24, 2.45) is 0 Å². The van der Waals surface area contributed by atoms with Gasteiger partial charge >= 0.3 is 0 Å². The molecule has 0 radical (unpaired) electrons. The number of hydrogen-bond donors (Lipinski definition) is 0. The minimum absolute atomic E-state index is 0.463. The first-order valence-electron chi connectivity index (χ1n) is 8.77. The predicted octanol–water partition coefficient (Wildman–Crippen LogP) is 2.15. The highest BCUT2D eigenvalue weighted by Crippen LogP contribution is 2.38. The number of hydrogen-bond acceptors (Lipinski definition) is 7. The van der Waals surface area contributed by atoms with Crippen LogP contribution in [-0.2, 0) is 6.54 Å². The molecule has 2 aliphatic rings. The van der Waals surface area contributed by atoms with E-state index in [4.69, 9.17) is 4.52 Å². The molecule has 0 aromatic carbocycles. The molecule has 2 aromatic rings. The number of anilines is 1. The molecule has 0 N–H and O–H groups in total. The number of piperidine rings is 1. The zero-order valence-corrected chi connectivity index (χ0v) is 14.4. The summed E-state index contributed by atoms with van der Waals surface area (Å²) >= 11 is 0. The molecule has 1 saturated heterocycles. The third-order valence-electron chi connectivity index (χ3n) is 4.93. The first kappa shape index (κ1) is 15.5. The highest BCUT2D eigenvalue weighted by molar-refractivity contribution is 5.38. The average molecular weight is 328 g/mol. The van der Waals surface area contributed by atoms with Gasteiger partial charge in [-0.2, -0.15) is 10.1 Å². The Hall–Kier alpha value is -2.02. The molecule has 24 heavy (non-hydrogen) atoms. The monoisotopic (exact) mass is 328 g/mol. The fourth-order valence-corrected chi connectivity index (χ4v) is 3.26. The molecule has 0 unspecified atom stereocenters. The molecule has 7 nitrogen and oxygen atoms in total. The normalized spacial score (nSPS) is 21.5.